The Bertz CT molecular complexity index is 537. The van der Waals surface area contributed by atoms with Crippen LogP contribution in [0.25, 0.3) is 11.2 Å². The number of fused-ring (bicyclic) bond motifs is 1. The highest BCUT2D eigenvalue weighted by Crippen LogP contribution is 2.13. The van der Waals surface area contributed by atoms with Crippen LogP contribution < -0.4 is 10.9 Å². The van der Waals surface area contributed by atoms with Crippen molar-refractivity contribution < 1.29 is 4.79 Å². The van der Waals surface area contributed by atoms with E-state index in [0.717, 1.165) is 12.8 Å². The number of anilines is 1. The smallest absolute Gasteiger partial charge is 0.241 e. The van der Waals surface area contributed by atoms with Gasteiger partial charge >= 0.3 is 0 Å². The van der Waals surface area contributed by atoms with Gasteiger partial charge in [-0.3, -0.25) is 15.6 Å². The van der Waals surface area contributed by atoms with Crippen LogP contribution in [-0.2, 0) is 4.79 Å². The van der Waals surface area contributed by atoms with Crippen LogP contribution >= 0.6 is 0 Å². The van der Waals surface area contributed by atoms with Crippen molar-refractivity contribution in [2.75, 3.05) is 5.43 Å². The highest BCUT2D eigenvalue weighted by atomic mass is 16.2. The second-order valence-electron chi connectivity index (χ2n) is 4.13. The fourth-order valence-corrected chi connectivity index (χ4v) is 1.67. The average Bonchev–Trinajstić information content (AvgIpc) is 2.84. The van der Waals surface area contributed by atoms with Gasteiger partial charge in [0.15, 0.2) is 11.5 Å². The first kappa shape index (κ1) is 12.3. The summed E-state index contributed by atoms with van der Waals surface area (Å²) in [5.74, 6) is 0.430. The molecule has 0 fully saturated rings. The van der Waals surface area contributed by atoms with Gasteiger partial charge in [0.1, 0.15) is 11.8 Å². The molecule has 0 spiro atoms. The van der Waals surface area contributed by atoms with Crippen molar-refractivity contribution in [3.63, 3.8) is 0 Å². The van der Waals surface area contributed by atoms with E-state index in [1.807, 2.05) is 6.92 Å². The van der Waals surface area contributed by atoms with E-state index >= 15 is 0 Å². The van der Waals surface area contributed by atoms with Gasteiger partial charge < -0.3 is 4.98 Å². The zero-order valence-electron chi connectivity index (χ0n) is 10.4. The summed E-state index contributed by atoms with van der Waals surface area (Å²) in [5, 5.41) is 0. The van der Waals surface area contributed by atoms with Crippen LogP contribution in [0.15, 0.2) is 12.7 Å². The Kier molecular flexibility index (Phi) is 3.71. The monoisotopic (exact) mass is 248 g/mol. The van der Waals surface area contributed by atoms with Crippen LogP contribution in [0.3, 0.4) is 0 Å². The zero-order chi connectivity index (χ0) is 13.0. The summed E-state index contributed by atoms with van der Waals surface area (Å²) < 4.78 is 0. The summed E-state index contributed by atoms with van der Waals surface area (Å²) in [4.78, 5) is 26.7. The summed E-state index contributed by atoms with van der Waals surface area (Å²) in [6, 6.07) is 0. The lowest BCUT2D eigenvalue weighted by Crippen LogP contribution is -2.34. The summed E-state index contributed by atoms with van der Waals surface area (Å²) in [5.41, 5.74) is 6.66. The molecule has 2 heterocycles. The highest BCUT2D eigenvalue weighted by molar-refractivity contribution is 5.84. The molecule has 7 nitrogen and oxygen atoms in total. The number of imidazole rings is 1. The molecule has 1 amide bonds. The van der Waals surface area contributed by atoms with Crippen molar-refractivity contribution in [3.05, 3.63) is 12.7 Å². The van der Waals surface area contributed by atoms with Crippen LogP contribution in [0.1, 0.15) is 26.7 Å². The van der Waals surface area contributed by atoms with Gasteiger partial charge in [-0.2, -0.15) is 0 Å². The topological polar surface area (TPSA) is 95.6 Å². The van der Waals surface area contributed by atoms with E-state index < -0.39 is 0 Å². The molecule has 0 saturated heterocycles. The molecular weight excluding hydrogens is 232 g/mol. The number of H-pyrrole nitrogens is 1. The molecule has 7 heteroatoms. The van der Waals surface area contributed by atoms with Crippen LogP contribution in [-0.4, -0.2) is 25.8 Å². The first-order valence-corrected chi connectivity index (χ1v) is 5.92. The zero-order valence-corrected chi connectivity index (χ0v) is 10.4. The van der Waals surface area contributed by atoms with Crippen molar-refractivity contribution in [2.24, 2.45) is 5.92 Å². The number of aromatic amines is 1. The van der Waals surface area contributed by atoms with Crippen LogP contribution in [0, 0.1) is 5.92 Å². The molecule has 3 N–H and O–H groups in total. The molecule has 1 unspecified atom stereocenters. The number of aromatic nitrogens is 4. The van der Waals surface area contributed by atoms with E-state index in [4.69, 9.17) is 0 Å². The summed E-state index contributed by atoms with van der Waals surface area (Å²) >= 11 is 0. The maximum atomic E-state index is 11.7. The quantitative estimate of drug-likeness (QED) is 0.692. The molecule has 2 rings (SSSR count). The molecule has 0 aliphatic carbocycles. The predicted octanol–water partition coefficient (Wildman–Crippen LogP) is 1.23. The summed E-state index contributed by atoms with van der Waals surface area (Å²) in [6.07, 6.45) is 4.77. The molecule has 0 aliphatic rings. The molecule has 96 valence electrons. The molecular formula is C11H16N6O. The van der Waals surface area contributed by atoms with Crippen molar-refractivity contribution >= 4 is 22.9 Å². The predicted molar refractivity (Wildman–Crippen MR) is 67.5 cm³/mol. The first-order valence-electron chi connectivity index (χ1n) is 5.92. The van der Waals surface area contributed by atoms with Gasteiger partial charge in [0.05, 0.1) is 6.33 Å². The second-order valence-corrected chi connectivity index (χ2v) is 4.13. The van der Waals surface area contributed by atoms with Gasteiger partial charge in [-0.25, -0.2) is 15.0 Å². The third kappa shape index (κ3) is 2.55. The highest BCUT2D eigenvalue weighted by Gasteiger charge is 2.12. The maximum absolute atomic E-state index is 11.7. The Labute approximate surface area is 104 Å². The van der Waals surface area contributed by atoms with E-state index in [2.05, 4.69) is 37.7 Å². The SMILES string of the molecule is CCCC(C)C(=O)NNc1ncnc2nc[nH]c12. The third-order valence-electron chi connectivity index (χ3n) is 2.70. The van der Waals surface area contributed by atoms with Crippen LogP contribution in [0.5, 0.6) is 0 Å². The number of hydrogen-bond donors (Lipinski definition) is 3. The Morgan fingerprint density at radius 2 is 2.28 bits per heavy atom. The minimum atomic E-state index is -0.0527. The van der Waals surface area contributed by atoms with E-state index in [1.165, 1.54) is 12.7 Å². The normalized spacial score (nSPS) is 12.3. The minimum Gasteiger partial charge on any atom is -0.340 e. The van der Waals surface area contributed by atoms with Gasteiger partial charge in [-0.15, -0.1) is 0 Å². The second kappa shape index (κ2) is 5.44. The molecule has 1 atom stereocenters. The molecule has 18 heavy (non-hydrogen) atoms. The van der Waals surface area contributed by atoms with Gasteiger partial charge in [0.25, 0.3) is 0 Å². The van der Waals surface area contributed by atoms with Crippen molar-refractivity contribution in [2.45, 2.75) is 26.7 Å². The van der Waals surface area contributed by atoms with Gasteiger partial charge in [-0.05, 0) is 6.42 Å². The molecule has 2 aromatic rings. The fraction of sp³-hybridized carbons (Fsp3) is 0.455. The molecule has 2 aromatic heterocycles. The number of rotatable bonds is 5. The number of amides is 1. The minimum absolute atomic E-state index is 0.0263. The Hall–Kier alpha value is -2.18. The van der Waals surface area contributed by atoms with E-state index in [9.17, 15) is 4.79 Å². The fourth-order valence-electron chi connectivity index (χ4n) is 1.67. The average molecular weight is 248 g/mol. The van der Waals surface area contributed by atoms with Gasteiger partial charge in [0.2, 0.25) is 5.91 Å². The lowest BCUT2D eigenvalue weighted by molar-refractivity contribution is -0.124. The lowest BCUT2D eigenvalue weighted by Gasteiger charge is -2.12. The van der Waals surface area contributed by atoms with Crippen molar-refractivity contribution in [1.82, 2.24) is 25.4 Å². The van der Waals surface area contributed by atoms with E-state index in [1.54, 1.807) is 0 Å². The lowest BCUT2D eigenvalue weighted by atomic mass is 10.1. The number of nitrogens with one attached hydrogen (secondary N) is 3. The number of carbonyl (C=O) groups excluding carboxylic acids is 1. The van der Waals surface area contributed by atoms with Crippen molar-refractivity contribution in [3.8, 4) is 0 Å². The molecule has 0 saturated carbocycles. The molecule has 0 radical (unpaired) electrons. The van der Waals surface area contributed by atoms with E-state index in [-0.39, 0.29) is 11.8 Å². The largest absolute Gasteiger partial charge is 0.340 e. The number of hydrogen-bond acceptors (Lipinski definition) is 5. The molecule has 0 aliphatic heterocycles. The Morgan fingerprint density at radius 3 is 3.06 bits per heavy atom. The molecule has 0 bridgehead atoms. The van der Waals surface area contributed by atoms with Gasteiger partial charge in [0, 0.05) is 5.92 Å². The number of nitrogens with zero attached hydrogens (tertiary/aromatic N) is 3. The first-order chi connectivity index (χ1) is 8.72. The molecule has 0 aromatic carbocycles. The van der Waals surface area contributed by atoms with Crippen LogP contribution in [0.4, 0.5) is 5.82 Å². The van der Waals surface area contributed by atoms with Crippen LogP contribution in [0.2, 0.25) is 0 Å². The van der Waals surface area contributed by atoms with Gasteiger partial charge in [-0.1, -0.05) is 20.3 Å². The Morgan fingerprint density at radius 1 is 1.44 bits per heavy atom. The van der Waals surface area contributed by atoms with E-state index in [0.29, 0.717) is 17.0 Å². The van der Waals surface area contributed by atoms with Crippen molar-refractivity contribution in [1.29, 1.82) is 0 Å². The summed E-state index contributed by atoms with van der Waals surface area (Å²) in [7, 11) is 0. The maximum Gasteiger partial charge on any atom is 0.241 e. The number of carbonyl (C=O) groups is 1. The Balaban J connectivity index is 2.02. The number of hydrazine groups is 1. The standard InChI is InChI=1S/C11H16N6O/c1-3-4-7(2)11(18)17-16-10-8-9(13-5-12-8)14-6-15-10/h5-7H,3-4H2,1-2H3,(H,17,18)(H2,12,13,14,15,16). The summed E-state index contributed by atoms with van der Waals surface area (Å²) in [6.45, 7) is 3.95. The third-order valence-corrected chi connectivity index (χ3v) is 2.70.